The van der Waals surface area contributed by atoms with Gasteiger partial charge in [0.2, 0.25) is 5.91 Å². The van der Waals surface area contributed by atoms with Gasteiger partial charge >= 0.3 is 0 Å². The molecule has 0 bridgehead atoms. The van der Waals surface area contributed by atoms with Gasteiger partial charge in [0.15, 0.2) is 0 Å². The predicted molar refractivity (Wildman–Crippen MR) is 99.4 cm³/mol. The molecular weight excluding hydrogens is 314 g/mol. The first-order valence-corrected chi connectivity index (χ1v) is 9.43. The summed E-state index contributed by atoms with van der Waals surface area (Å²) in [4.78, 5) is 25.1. The molecule has 25 heavy (non-hydrogen) atoms. The maximum absolute atomic E-state index is 12.8. The van der Waals surface area contributed by atoms with E-state index in [9.17, 15) is 9.59 Å². The number of nitrogens with one attached hydrogen (secondary N) is 1. The van der Waals surface area contributed by atoms with Crippen LogP contribution in [0.25, 0.3) is 10.8 Å². The summed E-state index contributed by atoms with van der Waals surface area (Å²) in [6, 6.07) is 7.76. The van der Waals surface area contributed by atoms with Crippen LogP contribution in [0, 0.1) is 5.92 Å². The van der Waals surface area contributed by atoms with Gasteiger partial charge in [-0.25, -0.2) is 4.68 Å². The van der Waals surface area contributed by atoms with Gasteiger partial charge in [-0.1, -0.05) is 44.9 Å². The summed E-state index contributed by atoms with van der Waals surface area (Å²) in [5.41, 5.74) is 0.763. The molecule has 0 spiro atoms. The van der Waals surface area contributed by atoms with Crippen LogP contribution < -0.4 is 10.9 Å². The molecule has 0 saturated heterocycles. The Hall–Kier alpha value is -2.17. The molecule has 5 nitrogen and oxygen atoms in total. The van der Waals surface area contributed by atoms with E-state index in [0.29, 0.717) is 11.9 Å². The van der Waals surface area contributed by atoms with Crippen LogP contribution in [0.1, 0.15) is 64.1 Å². The minimum atomic E-state index is -0.0161. The maximum Gasteiger partial charge on any atom is 0.274 e. The van der Waals surface area contributed by atoms with Crippen LogP contribution in [-0.4, -0.2) is 15.7 Å². The van der Waals surface area contributed by atoms with Crippen molar-refractivity contribution >= 4 is 16.7 Å². The van der Waals surface area contributed by atoms with Crippen molar-refractivity contribution in [1.29, 1.82) is 0 Å². The van der Waals surface area contributed by atoms with E-state index >= 15 is 0 Å². The van der Waals surface area contributed by atoms with Crippen molar-refractivity contribution in [2.24, 2.45) is 5.92 Å². The van der Waals surface area contributed by atoms with Gasteiger partial charge in [0.05, 0.1) is 23.7 Å². The van der Waals surface area contributed by atoms with Crippen LogP contribution in [0.5, 0.6) is 0 Å². The lowest BCUT2D eigenvalue weighted by Gasteiger charge is -2.17. The minimum Gasteiger partial charge on any atom is -0.350 e. The van der Waals surface area contributed by atoms with Crippen LogP contribution in [0.2, 0.25) is 0 Å². The molecule has 0 atom stereocenters. The van der Waals surface area contributed by atoms with Crippen molar-refractivity contribution < 1.29 is 4.79 Å². The summed E-state index contributed by atoms with van der Waals surface area (Å²) in [6.45, 7) is 4.42. The fourth-order valence-corrected chi connectivity index (χ4v) is 3.78. The highest BCUT2D eigenvalue weighted by molar-refractivity contribution is 5.84. The number of amides is 1. The second kappa shape index (κ2) is 7.81. The van der Waals surface area contributed by atoms with E-state index < -0.39 is 0 Å². The van der Waals surface area contributed by atoms with Crippen LogP contribution in [0.15, 0.2) is 29.1 Å². The number of hydrogen-bond donors (Lipinski definition) is 1. The standard InChI is InChI=1S/C20H27N3O2/c1-3-14(4-2)19(24)21-13-18-16-11-7-8-12-17(16)20(25)23(22-18)15-9-5-6-10-15/h7-8,11-12,14-15H,3-6,9-10,13H2,1-2H3,(H,21,24). The fourth-order valence-electron chi connectivity index (χ4n) is 3.78. The summed E-state index contributed by atoms with van der Waals surface area (Å²) < 4.78 is 1.66. The highest BCUT2D eigenvalue weighted by atomic mass is 16.2. The van der Waals surface area contributed by atoms with Gasteiger partial charge in [0, 0.05) is 11.3 Å². The first-order chi connectivity index (χ1) is 12.2. The molecule has 1 N–H and O–H groups in total. The Morgan fingerprint density at radius 1 is 1.20 bits per heavy atom. The second-order valence-electron chi connectivity index (χ2n) is 6.91. The molecule has 1 aromatic carbocycles. The van der Waals surface area contributed by atoms with Gasteiger partial charge in [-0.15, -0.1) is 0 Å². The van der Waals surface area contributed by atoms with Crippen LogP contribution in [-0.2, 0) is 11.3 Å². The third-order valence-electron chi connectivity index (χ3n) is 5.36. The molecule has 0 unspecified atom stereocenters. The zero-order chi connectivity index (χ0) is 17.8. The fraction of sp³-hybridized carbons (Fsp3) is 0.550. The lowest BCUT2D eigenvalue weighted by molar-refractivity contribution is -0.125. The Bertz CT molecular complexity index is 802. The Balaban J connectivity index is 1.94. The van der Waals surface area contributed by atoms with Crippen LogP contribution >= 0.6 is 0 Å². The number of hydrogen-bond acceptors (Lipinski definition) is 3. The average molecular weight is 341 g/mol. The van der Waals surface area contributed by atoms with Crippen LogP contribution in [0.4, 0.5) is 0 Å². The Morgan fingerprint density at radius 2 is 1.84 bits per heavy atom. The molecular formula is C20H27N3O2. The van der Waals surface area contributed by atoms with E-state index in [1.807, 2.05) is 38.1 Å². The Kier molecular flexibility index (Phi) is 5.51. The summed E-state index contributed by atoms with van der Waals surface area (Å²) >= 11 is 0. The number of benzene rings is 1. The van der Waals surface area contributed by atoms with Crippen molar-refractivity contribution in [3.8, 4) is 0 Å². The highest BCUT2D eigenvalue weighted by Gasteiger charge is 2.22. The van der Waals surface area contributed by atoms with Gasteiger partial charge in [0.1, 0.15) is 0 Å². The topological polar surface area (TPSA) is 64.0 Å². The average Bonchev–Trinajstić information content (AvgIpc) is 3.17. The molecule has 1 saturated carbocycles. The molecule has 0 radical (unpaired) electrons. The van der Waals surface area contributed by atoms with Crippen molar-refractivity contribution in [3.05, 3.63) is 40.3 Å². The van der Waals surface area contributed by atoms with Crippen molar-refractivity contribution in [1.82, 2.24) is 15.1 Å². The maximum atomic E-state index is 12.8. The molecule has 2 aromatic rings. The first kappa shape index (κ1) is 17.6. The number of nitrogens with zero attached hydrogens (tertiary/aromatic N) is 2. The summed E-state index contributed by atoms with van der Waals surface area (Å²) in [7, 11) is 0. The van der Waals surface area contributed by atoms with Gasteiger partial charge in [0.25, 0.3) is 5.56 Å². The number of aromatic nitrogens is 2. The smallest absolute Gasteiger partial charge is 0.274 e. The molecule has 5 heteroatoms. The van der Waals surface area contributed by atoms with Crippen LogP contribution in [0.3, 0.4) is 0 Å². The third-order valence-corrected chi connectivity index (χ3v) is 5.36. The number of fused-ring (bicyclic) bond motifs is 1. The normalized spacial score (nSPS) is 15.2. The Morgan fingerprint density at radius 3 is 2.48 bits per heavy atom. The first-order valence-electron chi connectivity index (χ1n) is 9.43. The van der Waals surface area contributed by atoms with E-state index in [1.54, 1.807) is 4.68 Å². The minimum absolute atomic E-state index is 0.0161. The van der Waals surface area contributed by atoms with E-state index in [-0.39, 0.29) is 23.4 Å². The third kappa shape index (κ3) is 3.60. The molecule has 0 aliphatic heterocycles. The molecule has 1 fully saturated rings. The number of carbonyl (C=O) groups is 1. The zero-order valence-corrected chi connectivity index (χ0v) is 15.1. The quantitative estimate of drug-likeness (QED) is 0.874. The monoisotopic (exact) mass is 341 g/mol. The molecule has 1 aliphatic carbocycles. The van der Waals surface area contributed by atoms with Crippen molar-refractivity contribution in [2.75, 3.05) is 0 Å². The number of carbonyl (C=O) groups excluding carboxylic acids is 1. The van der Waals surface area contributed by atoms with Gasteiger partial charge in [-0.3, -0.25) is 9.59 Å². The highest BCUT2D eigenvalue weighted by Crippen LogP contribution is 2.28. The van der Waals surface area contributed by atoms with Gasteiger partial charge in [-0.05, 0) is 31.7 Å². The predicted octanol–water partition coefficient (Wildman–Crippen LogP) is 3.56. The van der Waals surface area contributed by atoms with Crippen molar-refractivity contribution in [3.63, 3.8) is 0 Å². The molecule has 1 heterocycles. The SMILES string of the molecule is CCC(CC)C(=O)NCc1nn(C2CCCC2)c(=O)c2ccccc12. The summed E-state index contributed by atoms with van der Waals surface area (Å²) in [6.07, 6.45) is 5.96. The molecule has 1 amide bonds. The lowest BCUT2D eigenvalue weighted by Crippen LogP contribution is -2.32. The summed E-state index contributed by atoms with van der Waals surface area (Å²) in [5.74, 6) is 0.0986. The van der Waals surface area contributed by atoms with E-state index in [4.69, 9.17) is 0 Å². The van der Waals surface area contributed by atoms with Gasteiger partial charge < -0.3 is 5.32 Å². The Labute approximate surface area is 148 Å². The lowest BCUT2D eigenvalue weighted by atomic mass is 10.0. The van der Waals surface area contributed by atoms with Crippen molar-refractivity contribution in [2.45, 2.75) is 65.0 Å². The molecule has 1 aromatic heterocycles. The molecule has 1 aliphatic rings. The van der Waals surface area contributed by atoms with Gasteiger partial charge in [-0.2, -0.15) is 5.10 Å². The van der Waals surface area contributed by atoms with E-state index in [0.717, 1.165) is 49.6 Å². The second-order valence-corrected chi connectivity index (χ2v) is 6.91. The number of rotatable bonds is 6. The van der Waals surface area contributed by atoms with E-state index in [1.165, 1.54) is 0 Å². The summed E-state index contributed by atoms with van der Waals surface area (Å²) in [5, 5.41) is 9.20. The molecule has 3 rings (SSSR count). The largest absolute Gasteiger partial charge is 0.350 e. The van der Waals surface area contributed by atoms with E-state index in [2.05, 4.69) is 10.4 Å². The zero-order valence-electron chi connectivity index (χ0n) is 15.1. The molecule has 134 valence electrons.